The largest absolute Gasteiger partial charge is 0.672 e. The second-order valence-electron chi connectivity index (χ2n) is 0.250. The van der Waals surface area contributed by atoms with Crippen LogP contribution in [-0.4, -0.2) is 9.17 Å². The van der Waals surface area contributed by atoms with E-state index in [2.05, 4.69) is 26.3 Å². The molecule has 0 aromatic heterocycles. The molecule has 0 aliphatic carbocycles. The van der Waals surface area contributed by atoms with Gasteiger partial charge in [-0.05, 0) is 0 Å². The first-order valence-electron chi connectivity index (χ1n) is 1.61. The van der Waals surface area contributed by atoms with Gasteiger partial charge in [-0.3, -0.25) is 0 Å². The summed E-state index contributed by atoms with van der Waals surface area (Å²) >= 11 is 0. The molecular formula is C4H8O3Si-2. The minimum Gasteiger partial charge on any atom is -0.672 e. The van der Waals surface area contributed by atoms with Crippen molar-refractivity contribution in [2.75, 3.05) is 0 Å². The smallest absolute Gasteiger partial charge is 0.0172 e. The fourth-order valence-corrected chi connectivity index (χ4v) is 0. The fraction of sp³-hybridized carbons (Fsp3) is 0. The van der Waals surface area contributed by atoms with Gasteiger partial charge in [0.2, 0.25) is 0 Å². The predicted molar refractivity (Wildman–Crippen MR) is 28.9 cm³/mol. The van der Waals surface area contributed by atoms with Gasteiger partial charge in [-0.2, -0.15) is 0 Å². The van der Waals surface area contributed by atoms with Crippen LogP contribution in [0.2, 0.25) is 0 Å². The molecule has 0 aromatic rings. The molecule has 0 bridgehead atoms. The van der Waals surface area contributed by atoms with Crippen molar-refractivity contribution in [1.82, 2.24) is 0 Å². The van der Waals surface area contributed by atoms with Crippen molar-refractivity contribution in [2.45, 2.75) is 0 Å². The van der Waals surface area contributed by atoms with E-state index in [1.54, 1.807) is 0 Å². The molecule has 0 N–H and O–H groups in total. The predicted octanol–water partition coefficient (Wildman–Crippen LogP) is -1.27. The summed E-state index contributed by atoms with van der Waals surface area (Å²) < 4.78 is 8.52. The molecule has 0 spiro atoms. The van der Waals surface area contributed by atoms with Gasteiger partial charge in [-0.1, -0.05) is 0 Å². The first kappa shape index (κ1) is 15.7. The molecule has 0 saturated heterocycles. The lowest BCUT2D eigenvalue weighted by molar-refractivity contribution is -0.354. The van der Waals surface area contributed by atoms with E-state index in [4.69, 9.17) is 14.1 Å². The van der Waals surface area contributed by atoms with Crippen LogP contribution in [0.15, 0.2) is 26.3 Å². The summed E-state index contributed by atoms with van der Waals surface area (Å²) in [6, 6.07) is 0. The summed E-state index contributed by atoms with van der Waals surface area (Å²) in [4.78, 5) is 17.0. The Morgan fingerprint density at radius 2 is 1.00 bits per heavy atom. The molecule has 0 saturated carbocycles. The molecule has 0 rings (SSSR count). The van der Waals surface area contributed by atoms with Crippen LogP contribution in [0.3, 0.4) is 0 Å². The third-order valence-corrected chi connectivity index (χ3v) is 0. The normalized spacial score (nSPS) is 4.00. The Morgan fingerprint density at radius 1 is 1.00 bits per heavy atom. The van der Waals surface area contributed by atoms with Gasteiger partial charge in [0, 0.05) is 9.17 Å². The quantitative estimate of drug-likeness (QED) is 0.305. The average molecular weight is 132 g/mol. The summed E-state index contributed by atoms with van der Waals surface area (Å²) in [5, 5.41) is 0. The molecule has 0 aliphatic rings. The lowest BCUT2D eigenvalue weighted by Gasteiger charge is -1.94. The highest BCUT2D eigenvalue weighted by atomic mass is 28.3. The maximum Gasteiger partial charge on any atom is 0.0172 e. The Kier molecular flexibility index (Phi) is 70.8. The van der Waals surface area contributed by atoms with E-state index in [1.165, 1.54) is 0 Å². The highest BCUT2D eigenvalue weighted by Crippen LogP contribution is 0.990. The van der Waals surface area contributed by atoms with E-state index in [1.807, 2.05) is 0 Å². The zero-order chi connectivity index (χ0) is 7.58. The number of hydrogen-bond donors (Lipinski definition) is 0. The SMILES string of the molecule is C=C.C=C.O=[Si]([O-])[O-]. The van der Waals surface area contributed by atoms with E-state index in [9.17, 15) is 0 Å². The second kappa shape index (κ2) is 36.0. The number of hydrogen-bond acceptors (Lipinski definition) is 3. The van der Waals surface area contributed by atoms with Gasteiger partial charge in [-0.25, -0.2) is 0 Å². The van der Waals surface area contributed by atoms with E-state index in [-0.39, 0.29) is 0 Å². The van der Waals surface area contributed by atoms with Gasteiger partial charge in [0.15, 0.2) is 0 Å². The Hall–Kier alpha value is -0.903. The summed E-state index contributed by atoms with van der Waals surface area (Å²) in [6.45, 7) is 12.0. The van der Waals surface area contributed by atoms with Gasteiger partial charge in [0.1, 0.15) is 0 Å². The second-order valence-corrected chi connectivity index (χ2v) is 0.750. The fourth-order valence-electron chi connectivity index (χ4n) is 0. The molecule has 0 amide bonds. The first-order chi connectivity index (χ1) is 3.73. The van der Waals surface area contributed by atoms with Crippen molar-refractivity contribution >= 4 is 9.17 Å². The van der Waals surface area contributed by atoms with Crippen LogP contribution < -0.4 is 9.59 Å². The van der Waals surface area contributed by atoms with E-state index < -0.39 is 9.17 Å². The van der Waals surface area contributed by atoms with Gasteiger partial charge in [0.25, 0.3) is 0 Å². The van der Waals surface area contributed by atoms with Crippen LogP contribution in [0.1, 0.15) is 0 Å². The van der Waals surface area contributed by atoms with Crippen molar-refractivity contribution in [3.05, 3.63) is 26.3 Å². The first-order valence-corrected chi connectivity index (χ1v) is 2.84. The molecule has 0 atom stereocenters. The monoisotopic (exact) mass is 132 g/mol. The Labute approximate surface area is 50.5 Å². The van der Waals surface area contributed by atoms with Gasteiger partial charge in [-0.15, -0.1) is 26.3 Å². The Bertz CT molecular complexity index is 49.2. The highest BCUT2D eigenvalue weighted by Gasteiger charge is 1.29. The van der Waals surface area contributed by atoms with E-state index in [0.29, 0.717) is 0 Å². The molecule has 3 nitrogen and oxygen atoms in total. The van der Waals surface area contributed by atoms with Crippen molar-refractivity contribution in [1.29, 1.82) is 0 Å². The zero-order valence-electron chi connectivity index (χ0n) is 4.55. The summed E-state index contributed by atoms with van der Waals surface area (Å²) in [6.07, 6.45) is 0. The lowest BCUT2D eigenvalue weighted by Crippen LogP contribution is -2.34. The molecule has 4 heteroatoms. The topological polar surface area (TPSA) is 63.2 Å². The maximum absolute atomic E-state index is 8.52. The lowest BCUT2D eigenvalue weighted by atomic mass is 11.3. The molecule has 0 unspecified atom stereocenters. The molecule has 8 heavy (non-hydrogen) atoms. The number of rotatable bonds is 0. The molecule has 0 radical (unpaired) electrons. The van der Waals surface area contributed by atoms with Crippen LogP contribution in [0.25, 0.3) is 0 Å². The van der Waals surface area contributed by atoms with Crippen LogP contribution in [0, 0.1) is 0 Å². The standard InChI is InChI=1S/2C2H4.O3Si/c2*1-2;1-4(2)3/h2*1-2H2;/q;;-2. The molecule has 0 aliphatic heterocycles. The summed E-state index contributed by atoms with van der Waals surface area (Å²) in [7, 11) is -3.63. The van der Waals surface area contributed by atoms with Crippen LogP contribution in [-0.2, 0) is 4.46 Å². The van der Waals surface area contributed by atoms with Gasteiger partial charge >= 0.3 is 0 Å². The summed E-state index contributed by atoms with van der Waals surface area (Å²) in [5.41, 5.74) is 0. The van der Waals surface area contributed by atoms with Crippen LogP contribution in [0.5, 0.6) is 0 Å². The minimum atomic E-state index is -3.63. The van der Waals surface area contributed by atoms with Crippen LogP contribution >= 0.6 is 0 Å². The molecule has 0 fully saturated rings. The van der Waals surface area contributed by atoms with Crippen molar-refractivity contribution in [3.63, 3.8) is 0 Å². The highest BCUT2D eigenvalue weighted by molar-refractivity contribution is 6.17. The molecular weight excluding hydrogens is 124 g/mol. The van der Waals surface area contributed by atoms with E-state index >= 15 is 0 Å². The Morgan fingerprint density at radius 3 is 1.00 bits per heavy atom. The maximum atomic E-state index is 8.52. The minimum absolute atomic E-state index is 3.00. The third-order valence-electron chi connectivity index (χ3n) is 0. The van der Waals surface area contributed by atoms with Gasteiger partial charge in [0.05, 0.1) is 0 Å². The van der Waals surface area contributed by atoms with E-state index in [0.717, 1.165) is 0 Å². The zero-order valence-corrected chi connectivity index (χ0v) is 5.55. The summed E-state index contributed by atoms with van der Waals surface area (Å²) in [5.74, 6) is 0. The molecule has 48 valence electrons. The van der Waals surface area contributed by atoms with Crippen molar-refractivity contribution in [3.8, 4) is 0 Å². The van der Waals surface area contributed by atoms with Gasteiger partial charge < -0.3 is 14.1 Å². The molecule has 0 aromatic carbocycles. The Balaban J connectivity index is -0.0000000542. The van der Waals surface area contributed by atoms with Crippen molar-refractivity contribution in [2.24, 2.45) is 0 Å². The third kappa shape index (κ3) is 105. The van der Waals surface area contributed by atoms with Crippen LogP contribution in [0.4, 0.5) is 0 Å². The van der Waals surface area contributed by atoms with Crippen molar-refractivity contribution < 1.29 is 14.1 Å². The molecule has 0 heterocycles. The average Bonchev–Trinajstić information content (AvgIpc) is 1.75.